The highest BCUT2D eigenvalue weighted by Crippen LogP contribution is 2.24. The summed E-state index contributed by atoms with van der Waals surface area (Å²) in [4.78, 5) is 11.3. The highest BCUT2D eigenvalue weighted by Gasteiger charge is 2.45. The number of phenols is 1. The lowest BCUT2D eigenvalue weighted by atomic mass is 9.99. The van der Waals surface area contributed by atoms with Crippen LogP contribution in [0.4, 0.5) is 0 Å². The first kappa shape index (κ1) is 18.2. The molecule has 6 N–H and O–H groups in total. The van der Waals surface area contributed by atoms with Crippen molar-refractivity contribution in [1.82, 2.24) is 0 Å². The maximum Gasteiger partial charge on any atom is 0.371 e. The normalized spacial score (nSPS) is 30.8. The highest BCUT2D eigenvalue weighted by molar-refractivity contribution is 5.89. The lowest BCUT2D eigenvalue weighted by Crippen LogP contribution is -2.59. The Hall–Kier alpha value is -2.17. The van der Waals surface area contributed by atoms with Gasteiger partial charge in [-0.3, -0.25) is 0 Å². The fourth-order valence-corrected chi connectivity index (χ4v) is 2.16. The average molecular weight is 342 g/mol. The van der Waals surface area contributed by atoms with Gasteiger partial charge in [0.25, 0.3) is 0 Å². The second-order valence-corrected chi connectivity index (χ2v) is 5.22. The molecular weight excluding hydrogens is 324 g/mol. The van der Waals surface area contributed by atoms with Crippen LogP contribution in [0.2, 0.25) is 0 Å². The molecule has 1 aromatic rings. The van der Waals surface area contributed by atoms with E-state index in [0.717, 1.165) is 6.08 Å². The van der Waals surface area contributed by atoms with E-state index in [9.17, 15) is 30.3 Å². The van der Waals surface area contributed by atoms with Crippen LogP contribution in [0.3, 0.4) is 0 Å². The van der Waals surface area contributed by atoms with Crippen LogP contribution in [0.5, 0.6) is 5.75 Å². The van der Waals surface area contributed by atoms with Gasteiger partial charge in [-0.2, -0.15) is 0 Å². The summed E-state index contributed by atoms with van der Waals surface area (Å²) in [5.41, 5.74) is 0.398. The van der Waals surface area contributed by atoms with E-state index < -0.39 is 49.0 Å². The van der Waals surface area contributed by atoms with Crippen molar-refractivity contribution >= 4 is 12.0 Å². The fraction of sp³-hybridized carbons (Fsp3) is 0.400. The van der Waals surface area contributed by atoms with E-state index in [2.05, 4.69) is 0 Å². The monoisotopic (exact) mass is 342 g/mol. The Morgan fingerprint density at radius 2 is 1.75 bits per heavy atom. The minimum absolute atomic E-state index is 0.00104. The van der Waals surface area contributed by atoms with Gasteiger partial charge in [-0.05, 0) is 23.8 Å². The van der Waals surface area contributed by atoms with Crippen LogP contribution in [0, 0.1) is 0 Å². The Balaban J connectivity index is 2.20. The summed E-state index contributed by atoms with van der Waals surface area (Å²) in [6.07, 6.45) is -6.64. The summed E-state index contributed by atoms with van der Waals surface area (Å²) in [5, 5.41) is 56.7. The number of phenolic OH excluding ortho intramolecular Hbond substituents is 1. The van der Waals surface area contributed by atoms with E-state index in [1.807, 2.05) is 0 Å². The molecule has 2 rings (SSSR count). The lowest BCUT2D eigenvalue weighted by molar-refractivity contribution is -0.291. The Bertz CT molecular complexity index is 595. The number of ether oxygens (including phenoxy) is 2. The van der Waals surface area contributed by atoms with Crippen molar-refractivity contribution in [3.8, 4) is 5.75 Å². The number of aliphatic hydroxyl groups excluding tert-OH is 4. The van der Waals surface area contributed by atoms with Crippen molar-refractivity contribution in [3.63, 3.8) is 0 Å². The fourth-order valence-electron chi connectivity index (χ4n) is 2.16. The molecule has 132 valence electrons. The lowest BCUT2D eigenvalue weighted by Gasteiger charge is -2.39. The molecule has 1 aliphatic rings. The minimum atomic E-state index is -1.72. The zero-order valence-electron chi connectivity index (χ0n) is 12.4. The predicted molar refractivity (Wildman–Crippen MR) is 78.6 cm³/mol. The molecule has 0 spiro atoms. The molecule has 1 aliphatic heterocycles. The predicted octanol–water partition coefficient (Wildman–Crippen LogP) is -1.37. The summed E-state index contributed by atoms with van der Waals surface area (Å²) in [6.45, 7) is -0.658. The van der Waals surface area contributed by atoms with Gasteiger partial charge in [0.15, 0.2) is 0 Å². The molecule has 1 aromatic carbocycles. The summed E-state index contributed by atoms with van der Waals surface area (Å²) in [6, 6.07) is 5.57. The van der Waals surface area contributed by atoms with Gasteiger partial charge in [0.2, 0.25) is 12.0 Å². The SMILES string of the molecule is O=C(O)/C(=C/c1ccc(O)cc1)O[C@@H]1O[C@@H](CO)[C@H](O)[C@@H](O)[C@@H]1O. The molecule has 0 aromatic heterocycles. The maximum atomic E-state index is 11.3. The van der Waals surface area contributed by atoms with E-state index >= 15 is 0 Å². The van der Waals surface area contributed by atoms with Crippen LogP contribution < -0.4 is 0 Å². The number of carboxylic acid groups (broad SMARTS) is 1. The van der Waals surface area contributed by atoms with Crippen molar-refractivity contribution in [3.05, 3.63) is 35.6 Å². The highest BCUT2D eigenvalue weighted by atomic mass is 16.7. The summed E-state index contributed by atoms with van der Waals surface area (Å²) in [5.74, 6) is -2.05. The molecule has 1 saturated heterocycles. The molecule has 1 heterocycles. The number of carbonyl (C=O) groups is 1. The first-order chi connectivity index (χ1) is 11.3. The third kappa shape index (κ3) is 4.02. The van der Waals surface area contributed by atoms with E-state index in [1.54, 1.807) is 0 Å². The Morgan fingerprint density at radius 3 is 2.29 bits per heavy atom. The third-order valence-electron chi connectivity index (χ3n) is 3.49. The number of carboxylic acids is 1. The van der Waals surface area contributed by atoms with Crippen LogP contribution in [0.25, 0.3) is 6.08 Å². The van der Waals surface area contributed by atoms with Crippen molar-refractivity contribution in [2.24, 2.45) is 0 Å². The van der Waals surface area contributed by atoms with Crippen LogP contribution in [0.1, 0.15) is 5.56 Å². The molecule has 0 aliphatic carbocycles. The first-order valence-corrected chi connectivity index (χ1v) is 7.04. The topological polar surface area (TPSA) is 157 Å². The zero-order valence-corrected chi connectivity index (χ0v) is 12.4. The van der Waals surface area contributed by atoms with Crippen LogP contribution in [-0.4, -0.2) is 73.9 Å². The molecule has 0 radical (unpaired) electrons. The van der Waals surface area contributed by atoms with E-state index in [-0.39, 0.29) is 5.75 Å². The molecule has 0 bridgehead atoms. The molecule has 9 nitrogen and oxygen atoms in total. The van der Waals surface area contributed by atoms with Gasteiger partial charge in [0.1, 0.15) is 30.2 Å². The largest absolute Gasteiger partial charge is 0.508 e. The average Bonchev–Trinajstić information content (AvgIpc) is 2.56. The summed E-state index contributed by atoms with van der Waals surface area (Å²) < 4.78 is 10.2. The second kappa shape index (κ2) is 7.60. The summed E-state index contributed by atoms with van der Waals surface area (Å²) >= 11 is 0. The number of aromatic hydroxyl groups is 1. The molecule has 0 amide bonds. The van der Waals surface area contributed by atoms with Crippen LogP contribution in [-0.2, 0) is 14.3 Å². The Labute approximate surface area is 136 Å². The van der Waals surface area contributed by atoms with Crippen molar-refractivity contribution in [2.75, 3.05) is 6.61 Å². The smallest absolute Gasteiger partial charge is 0.371 e. The standard InChI is InChI=1S/C15H18O9/c16-6-10-11(18)12(19)13(20)15(24-10)23-9(14(21)22)5-7-1-3-8(17)4-2-7/h1-5,10-13,15-20H,6H2,(H,21,22)/b9-5-/t10-,11-,12+,13-,15+/m0/s1. The quantitative estimate of drug-likeness (QED) is 0.281. The van der Waals surface area contributed by atoms with Gasteiger partial charge < -0.3 is 40.1 Å². The number of hydrogen-bond donors (Lipinski definition) is 6. The van der Waals surface area contributed by atoms with Crippen molar-refractivity contribution in [2.45, 2.75) is 30.7 Å². The Kier molecular flexibility index (Phi) is 5.75. The number of aliphatic carboxylic acids is 1. The van der Waals surface area contributed by atoms with E-state index in [0.29, 0.717) is 5.56 Å². The first-order valence-electron chi connectivity index (χ1n) is 7.04. The Morgan fingerprint density at radius 1 is 1.12 bits per heavy atom. The number of rotatable bonds is 5. The maximum absolute atomic E-state index is 11.3. The van der Waals surface area contributed by atoms with Gasteiger partial charge in [0, 0.05) is 0 Å². The van der Waals surface area contributed by atoms with E-state index in [4.69, 9.17) is 14.6 Å². The van der Waals surface area contributed by atoms with Gasteiger partial charge in [0.05, 0.1) is 6.61 Å². The molecule has 1 fully saturated rings. The van der Waals surface area contributed by atoms with Gasteiger partial charge in [-0.15, -0.1) is 0 Å². The minimum Gasteiger partial charge on any atom is -0.508 e. The van der Waals surface area contributed by atoms with Crippen molar-refractivity contribution in [1.29, 1.82) is 0 Å². The molecule has 24 heavy (non-hydrogen) atoms. The van der Waals surface area contributed by atoms with Crippen LogP contribution >= 0.6 is 0 Å². The molecule has 9 heteroatoms. The van der Waals surface area contributed by atoms with Gasteiger partial charge in [-0.25, -0.2) is 4.79 Å². The van der Waals surface area contributed by atoms with Gasteiger partial charge >= 0.3 is 5.97 Å². The third-order valence-corrected chi connectivity index (χ3v) is 3.49. The second-order valence-electron chi connectivity index (χ2n) is 5.22. The molecule has 0 saturated carbocycles. The van der Waals surface area contributed by atoms with E-state index in [1.165, 1.54) is 24.3 Å². The number of benzene rings is 1. The molecule has 0 unspecified atom stereocenters. The molecule has 5 atom stereocenters. The van der Waals surface area contributed by atoms with Crippen molar-refractivity contribution < 1.29 is 44.9 Å². The molecular formula is C15H18O9. The number of aliphatic hydroxyl groups is 4. The number of hydrogen-bond acceptors (Lipinski definition) is 8. The van der Waals surface area contributed by atoms with Gasteiger partial charge in [-0.1, -0.05) is 12.1 Å². The van der Waals surface area contributed by atoms with Crippen LogP contribution in [0.15, 0.2) is 30.0 Å². The zero-order chi connectivity index (χ0) is 17.9. The summed E-state index contributed by atoms with van der Waals surface area (Å²) in [7, 11) is 0.